The number of rotatable bonds is 6. The molecule has 2 nitrogen and oxygen atoms in total. The highest BCUT2D eigenvalue weighted by atomic mass is 32.1. The predicted octanol–water partition coefficient (Wildman–Crippen LogP) is 2.88. The summed E-state index contributed by atoms with van der Waals surface area (Å²) in [6.45, 7) is 9.28. The summed E-state index contributed by atoms with van der Waals surface area (Å²) in [5.41, 5.74) is 1.54. The van der Waals surface area contributed by atoms with Crippen molar-refractivity contribution in [3.05, 3.63) is 21.9 Å². The zero-order valence-corrected chi connectivity index (χ0v) is 11.9. The molecule has 2 heterocycles. The molecule has 0 aromatic carbocycles. The van der Waals surface area contributed by atoms with Crippen LogP contribution < -0.4 is 5.32 Å². The van der Waals surface area contributed by atoms with Crippen molar-refractivity contribution in [3.8, 4) is 0 Å². The zero-order valence-electron chi connectivity index (χ0n) is 11.0. The SMILES string of the molecule is CCCNC1CCN(Cc2sccc2CC)C1. The Morgan fingerprint density at radius 3 is 3.12 bits per heavy atom. The smallest absolute Gasteiger partial charge is 0.0331 e. The van der Waals surface area contributed by atoms with Crippen molar-refractivity contribution in [2.24, 2.45) is 0 Å². The monoisotopic (exact) mass is 252 g/mol. The van der Waals surface area contributed by atoms with Gasteiger partial charge in [-0.15, -0.1) is 11.3 Å². The lowest BCUT2D eigenvalue weighted by molar-refractivity contribution is 0.322. The van der Waals surface area contributed by atoms with Crippen molar-refractivity contribution < 1.29 is 0 Å². The molecular weight excluding hydrogens is 228 g/mol. The molecule has 3 heteroatoms. The van der Waals surface area contributed by atoms with Crippen LogP contribution in [0.25, 0.3) is 0 Å². The third-order valence-electron chi connectivity index (χ3n) is 3.54. The van der Waals surface area contributed by atoms with E-state index >= 15 is 0 Å². The predicted molar refractivity (Wildman–Crippen MR) is 75.7 cm³/mol. The summed E-state index contributed by atoms with van der Waals surface area (Å²) in [5.74, 6) is 0. The van der Waals surface area contributed by atoms with Crippen LogP contribution in [0, 0.1) is 0 Å². The van der Waals surface area contributed by atoms with Gasteiger partial charge in [-0.05, 0) is 42.8 Å². The Bertz CT molecular complexity index is 335. The highest BCUT2D eigenvalue weighted by Gasteiger charge is 2.22. The first-order valence-corrected chi connectivity index (χ1v) is 7.72. The molecular formula is C14H24N2S. The van der Waals surface area contributed by atoms with Gasteiger partial charge < -0.3 is 5.32 Å². The van der Waals surface area contributed by atoms with Gasteiger partial charge in [-0.25, -0.2) is 0 Å². The summed E-state index contributed by atoms with van der Waals surface area (Å²) in [5, 5.41) is 5.86. The van der Waals surface area contributed by atoms with Gasteiger partial charge in [-0.2, -0.15) is 0 Å². The number of aryl methyl sites for hydroxylation is 1. The Balaban J connectivity index is 1.81. The number of hydrogen-bond acceptors (Lipinski definition) is 3. The van der Waals surface area contributed by atoms with E-state index in [2.05, 4.69) is 35.5 Å². The van der Waals surface area contributed by atoms with E-state index in [-0.39, 0.29) is 0 Å². The van der Waals surface area contributed by atoms with Gasteiger partial charge in [0.05, 0.1) is 0 Å². The quantitative estimate of drug-likeness (QED) is 0.837. The minimum Gasteiger partial charge on any atom is -0.313 e. The Morgan fingerprint density at radius 2 is 2.35 bits per heavy atom. The molecule has 96 valence electrons. The van der Waals surface area contributed by atoms with E-state index < -0.39 is 0 Å². The number of likely N-dealkylation sites (tertiary alicyclic amines) is 1. The lowest BCUT2D eigenvalue weighted by Gasteiger charge is -2.16. The molecule has 1 unspecified atom stereocenters. The van der Waals surface area contributed by atoms with Crippen molar-refractivity contribution >= 4 is 11.3 Å². The maximum atomic E-state index is 3.63. The highest BCUT2D eigenvalue weighted by molar-refractivity contribution is 7.10. The molecule has 17 heavy (non-hydrogen) atoms. The molecule has 1 N–H and O–H groups in total. The van der Waals surface area contributed by atoms with Crippen LogP contribution in [0.1, 0.15) is 37.1 Å². The number of thiophene rings is 1. The van der Waals surface area contributed by atoms with Gasteiger partial charge in [-0.3, -0.25) is 4.90 Å². The molecule has 1 aliphatic heterocycles. The van der Waals surface area contributed by atoms with Gasteiger partial charge in [0.25, 0.3) is 0 Å². The summed E-state index contributed by atoms with van der Waals surface area (Å²) in [4.78, 5) is 4.17. The molecule has 0 aliphatic carbocycles. The number of nitrogens with one attached hydrogen (secondary N) is 1. The van der Waals surface area contributed by atoms with Crippen LogP contribution in [0.5, 0.6) is 0 Å². The second-order valence-corrected chi connectivity index (χ2v) is 5.90. The maximum Gasteiger partial charge on any atom is 0.0331 e. The molecule has 1 fully saturated rings. The molecule has 1 aromatic rings. The molecule has 1 aromatic heterocycles. The lowest BCUT2D eigenvalue weighted by atomic mass is 10.2. The summed E-state index contributed by atoms with van der Waals surface area (Å²) in [6, 6.07) is 3.00. The van der Waals surface area contributed by atoms with E-state index in [0.29, 0.717) is 0 Å². The van der Waals surface area contributed by atoms with Gasteiger partial charge in [0, 0.05) is 30.6 Å². The van der Waals surface area contributed by atoms with Crippen LogP contribution in [0.4, 0.5) is 0 Å². The molecule has 0 spiro atoms. The first-order valence-electron chi connectivity index (χ1n) is 6.84. The molecule has 0 radical (unpaired) electrons. The van der Waals surface area contributed by atoms with Crippen LogP contribution >= 0.6 is 11.3 Å². The van der Waals surface area contributed by atoms with Crippen LogP contribution in [0.15, 0.2) is 11.4 Å². The van der Waals surface area contributed by atoms with Gasteiger partial charge in [0.15, 0.2) is 0 Å². The minimum atomic E-state index is 0.722. The molecule has 0 amide bonds. The number of nitrogens with zero attached hydrogens (tertiary/aromatic N) is 1. The van der Waals surface area contributed by atoms with Crippen molar-refractivity contribution in [1.29, 1.82) is 0 Å². The van der Waals surface area contributed by atoms with E-state index in [9.17, 15) is 0 Å². The average molecular weight is 252 g/mol. The Labute approximate surface area is 109 Å². The second kappa shape index (κ2) is 6.53. The van der Waals surface area contributed by atoms with E-state index in [1.165, 1.54) is 32.4 Å². The Morgan fingerprint density at radius 1 is 1.47 bits per heavy atom. The highest BCUT2D eigenvalue weighted by Crippen LogP contribution is 2.21. The van der Waals surface area contributed by atoms with Crippen LogP contribution in [0.3, 0.4) is 0 Å². The van der Waals surface area contributed by atoms with E-state index in [4.69, 9.17) is 0 Å². The van der Waals surface area contributed by atoms with Crippen molar-refractivity contribution in [2.45, 2.75) is 45.7 Å². The standard InChI is InChI=1S/C14H24N2S/c1-3-7-15-13-5-8-16(10-13)11-14-12(4-2)6-9-17-14/h6,9,13,15H,3-5,7-8,10-11H2,1-2H3. The Kier molecular flexibility index (Phi) is 5.01. The lowest BCUT2D eigenvalue weighted by Crippen LogP contribution is -2.32. The summed E-state index contributed by atoms with van der Waals surface area (Å²) in [6.07, 6.45) is 3.72. The second-order valence-electron chi connectivity index (χ2n) is 4.90. The van der Waals surface area contributed by atoms with E-state index in [1.54, 1.807) is 10.4 Å². The van der Waals surface area contributed by atoms with Crippen LogP contribution in [-0.2, 0) is 13.0 Å². The fraction of sp³-hybridized carbons (Fsp3) is 0.714. The third-order valence-corrected chi connectivity index (χ3v) is 4.49. The first-order chi connectivity index (χ1) is 8.33. The van der Waals surface area contributed by atoms with Gasteiger partial charge in [0.1, 0.15) is 0 Å². The third kappa shape index (κ3) is 3.54. The molecule has 1 saturated heterocycles. The normalized spacial score (nSPS) is 21.2. The van der Waals surface area contributed by atoms with Gasteiger partial charge >= 0.3 is 0 Å². The maximum absolute atomic E-state index is 3.63. The van der Waals surface area contributed by atoms with Gasteiger partial charge in [0.2, 0.25) is 0 Å². The topological polar surface area (TPSA) is 15.3 Å². The summed E-state index contributed by atoms with van der Waals surface area (Å²) in [7, 11) is 0. The van der Waals surface area contributed by atoms with Crippen LogP contribution in [0.2, 0.25) is 0 Å². The van der Waals surface area contributed by atoms with E-state index in [1.807, 2.05) is 11.3 Å². The summed E-state index contributed by atoms with van der Waals surface area (Å²) < 4.78 is 0. The molecule has 0 saturated carbocycles. The van der Waals surface area contributed by atoms with E-state index in [0.717, 1.165) is 19.1 Å². The minimum absolute atomic E-state index is 0.722. The number of hydrogen-bond donors (Lipinski definition) is 1. The molecule has 1 atom stereocenters. The summed E-state index contributed by atoms with van der Waals surface area (Å²) >= 11 is 1.92. The fourth-order valence-electron chi connectivity index (χ4n) is 2.52. The Hall–Kier alpha value is -0.380. The van der Waals surface area contributed by atoms with Crippen molar-refractivity contribution in [1.82, 2.24) is 10.2 Å². The largest absolute Gasteiger partial charge is 0.313 e. The van der Waals surface area contributed by atoms with Crippen molar-refractivity contribution in [3.63, 3.8) is 0 Å². The molecule has 0 bridgehead atoms. The van der Waals surface area contributed by atoms with Crippen molar-refractivity contribution in [2.75, 3.05) is 19.6 Å². The zero-order chi connectivity index (χ0) is 12.1. The molecule has 1 aliphatic rings. The first kappa shape index (κ1) is 13.1. The average Bonchev–Trinajstić information content (AvgIpc) is 2.96. The molecule has 2 rings (SSSR count). The van der Waals surface area contributed by atoms with Gasteiger partial charge in [-0.1, -0.05) is 13.8 Å². The van der Waals surface area contributed by atoms with Crippen LogP contribution in [-0.4, -0.2) is 30.6 Å². The fourth-order valence-corrected chi connectivity index (χ4v) is 3.53.